The van der Waals surface area contributed by atoms with Crippen LogP contribution in [-0.4, -0.2) is 45.0 Å². The van der Waals surface area contributed by atoms with Crippen molar-refractivity contribution in [1.82, 2.24) is 19.5 Å². The molecule has 7 heteroatoms. The summed E-state index contributed by atoms with van der Waals surface area (Å²) in [5, 5.41) is 7.94. The summed E-state index contributed by atoms with van der Waals surface area (Å²) in [6.07, 6.45) is 4.41. The number of fused-ring (bicyclic) bond motifs is 1. The first-order valence-corrected chi connectivity index (χ1v) is 7.14. The van der Waals surface area contributed by atoms with Crippen LogP contribution in [0.4, 0.5) is 5.95 Å². The van der Waals surface area contributed by atoms with Crippen molar-refractivity contribution >= 4 is 29.1 Å². The van der Waals surface area contributed by atoms with Gasteiger partial charge in [-0.1, -0.05) is 11.6 Å². The number of amides is 1. The molecule has 2 aromatic heterocycles. The van der Waals surface area contributed by atoms with Gasteiger partial charge in [0.15, 0.2) is 5.65 Å². The lowest BCUT2D eigenvalue weighted by Crippen LogP contribution is -2.29. The SMILES string of the molecule is O=C(CCNc1nc2ccc(Cl)cn2n1)N1CCCC1. The van der Waals surface area contributed by atoms with Gasteiger partial charge in [0, 0.05) is 32.3 Å². The van der Waals surface area contributed by atoms with Gasteiger partial charge in [0.2, 0.25) is 11.9 Å². The van der Waals surface area contributed by atoms with E-state index < -0.39 is 0 Å². The largest absolute Gasteiger partial charge is 0.352 e. The maximum atomic E-state index is 11.9. The Morgan fingerprint density at radius 1 is 1.35 bits per heavy atom. The number of nitrogens with zero attached hydrogens (tertiary/aromatic N) is 4. The van der Waals surface area contributed by atoms with Crippen LogP contribution in [0, 0.1) is 0 Å². The smallest absolute Gasteiger partial charge is 0.243 e. The van der Waals surface area contributed by atoms with E-state index in [-0.39, 0.29) is 5.91 Å². The van der Waals surface area contributed by atoms with Gasteiger partial charge in [-0.3, -0.25) is 4.79 Å². The molecule has 3 rings (SSSR count). The molecule has 0 bridgehead atoms. The van der Waals surface area contributed by atoms with Gasteiger partial charge in [-0.05, 0) is 25.0 Å². The minimum atomic E-state index is 0.196. The Morgan fingerprint density at radius 2 is 2.15 bits per heavy atom. The van der Waals surface area contributed by atoms with E-state index >= 15 is 0 Å². The third-order valence-electron chi connectivity index (χ3n) is 3.38. The molecule has 1 aliphatic rings. The maximum Gasteiger partial charge on any atom is 0.243 e. The van der Waals surface area contributed by atoms with E-state index in [0.29, 0.717) is 23.9 Å². The summed E-state index contributed by atoms with van der Waals surface area (Å²) in [5.41, 5.74) is 0.725. The van der Waals surface area contributed by atoms with E-state index in [1.165, 1.54) is 0 Å². The highest BCUT2D eigenvalue weighted by Gasteiger charge is 2.17. The molecule has 0 unspecified atom stereocenters. The summed E-state index contributed by atoms with van der Waals surface area (Å²) in [6.45, 7) is 2.33. The van der Waals surface area contributed by atoms with Crippen molar-refractivity contribution in [2.45, 2.75) is 19.3 Å². The van der Waals surface area contributed by atoms with E-state index in [0.717, 1.165) is 31.6 Å². The highest BCUT2D eigenvalue weighted by Crippen LogP contribution is 2.12. The minimum absolute atomic E-state index is 0.196. The summed E-state index contributed by atoms with van der Waals surface area (Å²) in [5.74, 6) is 0.711. The molecule has 1 saturated heterocycles. The minimum Gasteiger partial charge on any atom is -0.352 e. The molecular formula is C13H16ClN5O. The van der Waals surface area contributed by atoms with Crippen LogP contribution in [-0.2, 0) is 4.79 Å². The number of rotatable bonds is 4. The van der Waals surface area contributed by atoms with Crippen molar-refractivity contribution in [2.24, 2.45) is 0 Å². The zero-order valence-electron chi connectivity index (χ0n) is 11.0. The molecule has 106 valence electrons. The normalized spacial score (nSPS) is 14.9. The Balaban J connectivity index is 1.55. The standard InChI is InChI=1S/C13H16ClN5O/c14-10-3-4-11-16-13(17-19(11)9-10)15-6-5-12(20)18-7-1-2-8-18/h3-4,9H,1-2,5-8H2,(H,15,17). The number of nitrogens with one attached hydrogen (secondary N) is 1. The Labute approximate surface area is 121 Å². The molecule has 6 nitrogen and oxygen atoms in total. The number of carbonyl (C=O) groups excluding carboxylic acids is 1. The van der Waals surface area contributed by atoms with Gasteiger partial charge in [-0.15, -0.1) is 5.10 Å². The van der Waals surface area contributed by atoms with E-state index in [4.69, 9.17) is 11.6 Å². The molecule has 0 saturated carbocycles. The predicted octanol–water partition coefficient (Wildman–Crippen LogP) is 1.81. The van der Waals surface area contributed by atoms with E-state index in [9.17, 15) is 4.79 Å². The van der Waals surface area contributed by atoms with Crippen LogP contribution in [0.1, 0.15) is 19.3 Å². The highest BCUT2D eigenvalue weighted by atomic mass is 35.5. The first-order valence-electron chi connectivity index (χ1n) is 6.76. The van der Waals surface area contributed by atoms with Crippen LogP contribution in [0.2, 0.25) is 5.02 Å². The van der Waals surface area contributed by atoms with Gasteiger partial charge in [0.05, 0.1) is 5.02 Å². The van der Waals surface area contributed by atoms with Crippen LogP contribution in [0.5, 0.6) is 0 Å². The van der Waals surface area contributed by atoms with E-state index in [2.05, 4.69) is 15.4 Å². The molecule has 3 heterocycles. The van der Waals surface area contributed by atoms with Crippen LogP contribution >= 0.6 is 11.6 Å². The van der Waals surface area contributed by atoms with Crippen LogP contribution in [0.3, 0.4) is 0 Å². The molecule has 1 fully saturated rings. The average molecular weight is 294 g/mol. The van der Waals surface area contributed by atoms with Crippen LogP contribution < -0.4 is 5.32 Å². The highest BCUT2D eigenvalue weighted by molar-refractivity contribution is 6.30. The Bertz CT molecular complexity index is 620. The molecule has 0 spiro atoms. The quantitative estimate of drug-likeness (QED) is 0.934. The van der Waals surface area contributed by atoms with Gasteiger partial charge in [0.1, 0.15) is 0 Å². The van der Waals surface area contributed by atoms with E-state index in [1.807, 2.05) is 4.90 Å². The monoisotopic (exact) mass is 293 g/mol. The number of anilines is 1. The van der Waals surface area contributed by atoms with Crippen LogP contribution in [0.25, 0.3) is 5.65 Å². The number of halogens is 1. The molecule has 0 aliphatic carbocycles. The fourth-order valence-electron chi connectivity index (χ4n) is 2.34. The molecule has 1 N–H and O–H groups in total. The second kappa shape index (κ2) is 5.66. The summed E-state index contributed by atoms with van der Waals surface area (Å²) in [6, 6.07) is 3.57. The third-order valence-corrected chi connectivity index (χ3v) is 3.60. The second-order valence-corrected chi connectivity index (χ2v) is 5.29. The number of aromatic nitrogens is 3. The van der Waals surface area contributed by atoms with Crippen molar-refractivity contribution in [3.05, 3.63) is 23.4 Å². The van der Waals surface area contributed by atoms with Crippen LogP contribution in [0.15, 0.2) is 18.3 Å². The van der Waals surface area contributed by atoms with Crippen molar-refractivity contribution in [3.8, 4) is 0 Å². The molecule has 0 radical (unpaired) electrons. The summed E-state index contributed by atoms with van der Waals surface area (Å²) in [4.78, 5) is 18.1. The fraction of sp³-hybridized carbons (Fsp3) is 0.462. The molecule has 0 atom stereocenters. The molecule has 2 aromatic rings. The van der Waals surface area contributed by atoms with Gasteiger partial charge < -0.3 is 10.2 Å². The number of likely N-dealkylation sites (tertiary alicyclic amines) is 1. The lowest BCUT2D eigenvalue weighted by Gasteiger charge is -2.14. The van der Waals surface area contributed by atoms with Gasteiger partial charge in [-0.25, -0.2) is 4.52 Å². The third kappa shape index (κ3) is 2.85. The molecule has 1 amide bonds. The number of hydrogen-bond acceptors (Lipinski definition) is 4. The van der Waals surface area contributed by atoms with Crippen molar-refractivity contribution in [3.63, 3.8) is 0 Å². The fourth-order valence-corrected chi connectivity index (χ4v) is 2.49. The van der Waals surface area contributed by atoms with Gasteiger partial charge >= 0.3 is 0 Å². The van der Waals surface area contributed by atoms with Crippen molar-refractivity contribution in [2.75, 3.05) is 25.0 Å². The summed E-state index contributed by atoms with van der Waals surface area (Å²) in [7, 11) is 0. The van der Waals surface area contributed by atoms with Gasteiger partial charge in [-0.2, -0.15) is 4.98 Å². The summed E-state index contributed by atoms with van der Waals surface area (Å²) >= 11 is 5.89. The molecule has 0 aromatic carbocycles. The summed E-state index contributed by atoms with van der Waals surface area (Å²) < 4.78 is 1.62. The maximum absolute atomic E-state index is 11.9. The Kier molecular flexibility index (Phi) is 3.73. The second-order valence-electron chi connectivity index (χ2n) is 4.85. The van der Waals surface area contributed by atoms with E-state index in [1.54, 1.807) is 22.8 Å². The molecule has 1 aliphatic heterocycles. The van der Waals surface area contributed by atoms with Gasteiger partial charge in [0.25, 0.3) is 0 Å². The molecular weight excluding hydrogens is 278 g/mol. The lowest BCUT2D eigenvalue weighted by molar-refractivity contribution is -0.129. The Morgan fingerprint density at radius 3 is 2.95 bits per heavy atom. The number of hydrogen-bond donors (Lipinski definition) is 1. The zero-order valence-corrected chi connectivity index (χ0v) is 11.8. The first kappa shape index (κ1) is 13.2. The predicted molar refractivity (Wildman–Crippen MR) is 76.9 cm³/mol. The Hall–Kier alpha value is -1.82. The zero-order chi connectivity index (χ0) is 13.9. The molecule has 20 heavy (non-hydrogen) atoms. The van der Waals surface area contributed by atoms with Crippen molar-refractivity contribution < 1.29 is 4.79 Å². The topological polar surface area (TPSA) is 62.5 Å². The number of carbonyl (C=O) groups is 1. The number of pyridine rings is 1. The lowest BCUT2D eigenvalue weighted by atomic mass is 10.3. The average Bonchev–Trinajstić information content (AvgIpc) is 3.06. The first-order chi connectivity index (χ1) is 9.72. The van der Waals surface area contributed by atoms with Crippen molar-refractivity contribution in [1.29, 1.82) is 0 Å².